The van der Waals surface area contributed by atoms with Gasteiger partial charge in [-0.1, -0.05) is 11.8 Å². The van der Waals surface area contributed by atoms with Gasteiger partial charge in [-0.25, -0.2) is 15.4 Å². The Bertz CT molecular complexity index is 725. The first kappa shape index (κ1) is 17.9. The van der Waals surface area contributed by atoms with E-state index < -0.39 is 0 Å². The van der Waals surface area contributed by atoms with E-state index in [-0.39, 0.29) is 11.7 Å². The number of aryl methyl sites for hydroxylation is 2. The Morgan fingerprint density at radius 3 is 2.42 bits per heavy atom. The maximum absolute atomic E-state index is 11.9. The molecule has 0 bridgehead atoms. The number of hydrazone groups is 1. The monoisotopic (exact) mass is 344 g/mol. The van der Waals surface area contributed by atoms with Crippen LogP contribution >= 0.6 is 11.8 Å². The quantitative estimate of drug-likeness (QED) is 0.377. The minimum absolute atomic E-state index is 0.198. The van der Waals surface area contributed by atoms with Gasteiger partial charge < -0.3 is 4.74 Å². The fourth-order valence-electron chi connectivity index (χ4n) is 1.96. The molecule has 7 heteroatoms. The van der Waals surface area contributed by atoms with Crippen LogP contribution < -0.4 is 10.2 Å². The molecule has 0 aliphatic heterocycles. The van der Waals surface area contributed by atoms with Gasteiger partial charge in [0.1, 0.15) is 5.75 Å². The Morgan fingerprint density at radius 2 is 1.83 bits per heavy atom. The highest BCUT2D eigenvalue weighted by molar-refractivity contribution is 7.99. The lowest BCUT2D eigenvalue weighted by Gasteiger charge is -2.05. The summed E-state index contributed by atoms with van der Waals surface area (Å²) in [6.45, 7) is 5.64. The van der Waals surface area contributed by atoms with Gasteiger partial charge in [-0.3, -0.25) is 4.79 Å². The van der Waals surface area contributed by atoms with E-state index in [1.54, 1.807) is 7.11 Å². The molecule has 0 spiro atoms. The van der Waals surface area contributed by atoms with Crippen LogP contribution in [0.5, 0.6) is 5.75 Å². The molecule has 2 aromatic rings. The summed E-state index contributed by atoms with van der Waals surface area (Å²) in [5, 5.41) is 4.72. The van der Waals surface area contributed by atoms with Crippen LogP contribution in [0.1, 0.15) is 23.9 Å². The van der Waals surface area contributed by atoms with Gasteiger partial charge in [-0.15, -0.1) is 0 Å². The fourth-order valence-corrected chi connectivity index (χ4v) is 2.71. The first-order chi connectivity index (χ1) is 11.5. The van der Waals surface area contributed by atoms with Gasteiger partial charge in [0.2, 0.25) is 0 Å². The molecule has 0 unspecified atom stereocenters. The zero-order chi connectivity index (χ0) is 17.5. The average molecular weight is 344 g/mol. The Hall–Kier alpha value is -2.41. The standard InChI is InChI=1S/C17H20N4O2S/c1-11-9-12(2)19-17(18-11)24-10-16(22)21-20-13(3)14-5-7-15(23-4)8-6-14/h5-9H,10H2,1-4H3,(H,21,22)/b20-13+. The first-order valence-corrected chi connectivity index (χ1v) is 8.39. The lowest BCUT2D eigenvalue weighted by molar-refractivity contribution is -0.118. The van der Waals surface area contributed by atoms with Gasteiger partial charge in [-0.2, -0.15) is 5.10 Å². The summed E-state index contributed by atoms with van der Waals surface area (Å²) >= 11 is 1.29. The molecule has 0 aliphatic rings. The molecule has 1 heterocycles. The Labute approximate surface area is 145 Å². The van der Waals surface area contributed by atoms with Crippen LogP contribution in [-0.4, -0.2) is 34.4 Å². The van der Waals surface area contributed by atoms with E-state index in [0.29, 0.717) is 5.16 Å². The van der Waals surface area contributed by atoms with Crippen LogP contribution in [-0.2, 0) is 4.79 Å². The number of nitrogens with zero attached hydrogens (tertiary/aromatic N) is 3. The Balaban J connectivity index is 1.89. The normalized spacial score (nSPS) is 11.2. The van der Waals surface area contributed by atoms with Crippen LogP contribution in [0.4, 0.5) is 0 Å². The van der Waals surface area contributed by atoms with E-state index in [1.165, 1.54) is 11.8 Å². The number of hydrogen-bond acceptors (Lipinski definition) is 6. The van der Waals surface area contributed by atoms with Crippen LogP contribution in [0, 0.1) is 13.8 Å². The summed E-state index contributed by atoms with van der Waals surface area (Å²) in [4.78, 5) is 20.5. The van der Waals surface area contributed by atoms with Crippen molar-refractivity contribution in [1.82, 2.24) is 15.4 Å². The molecule has 1 aromatic carbocycles. The highest BCUT2D eigenvalue weighted by Gasteiger charge is 2.06. The number of nitrogens with one attached hydrogen (secondary N) is 1. The summed E-state index contributed by atoms with van der Waals surface area (Å²) in [5.74, 6) is 0.790. The summed E-state index contributed by atoms with van der Waals surface area (Å²) < 4.78 is 5.11. The molecule has 2 rings (SSSR count). The predicted molar refractivity (Wildman–Crippen MR) is 95.6 cm³/mol. The topological polar surface area (TPSA) is 76.5 Å². The lowest BCUT2D eigenvalue weighted by atomic mass is 10.1. The summed E-state index contributed by atoms with van der Waals surface area (Å²) in [7, 11) is 1.62. The van der Waals surface area contributed by atoms with E-state index in [1.807, 2.05) is 51.1 Å². The largest absolute Gasteiger partial charge is 0.497 e. The van der Waals surface area contributed by atoms with Crippen molar-refractivity contribution in [3.8, 4) is 5.75 Å². The van der Waals surface area contributed by atoms with Crippen LogP contribution in [0.15, 0.2) is 40.6 Å². The van der Waals surface area contributed by atoms with Crippen molar-refractivity contribution in [3.63, 3.8) is 0 Å². The minimum atomic E-state index is -0.198. The van der Waals surface area contributed by atoms with Crippen molar-refractivity contribution in [2.75, 3.05) is 12.9 Å². The van der Waals surface area contributed by atoms with Gasteiger partial charge in [0.05, 0.1) is 18.6 Å². The second-order valence-electron chi connectivity index (χ2n) is 5.18. The van der Waals surface area contributed by atoms with Crippen molar-refractivity contribution in [2.45, 2.75) is 25.9 Å². The molecule has 6 nitrogen and oxygen atoms in total. The third-order valence-electron chi connectivity index (χ3n) is 3.15. The van der Waals surface area contributed by atoms with E-state index in [4.69, 9.17) is 4.74 Å². The number of hydrogen-bond donors (Lipinski definition) is 1. The van der Waals surface area contributed by atoms with E-state index >= 15 is 0 Å². The van der Waals surface area contributed by atoms with E-state index in [0.717, 1.165) is 28.4 Å². The smallest absolute Gasteiger partial charge is 0.250 e. The zero-order valence-corrected chi connectivity index (χ0v) is 15.0. The van der Waals surface area contributed by atoms with Crippen LogP contribution in [0.25, 0.3) is 0 Å². The number of rotatable bonds is 6. The Kier molecular flexibility index (Phi) is 6.31. The average Bonchev–Trinajstić information content (AvgIpc) is 2.57. The fraction of sp³-hybridized carbons (Fsp3) is 0.294. The molecule has 1 amide bonds. The number of methoxy groups -OCH3 is 1. The number of aromatic nitrogens is 2. The number of thioether (sulfide) groups is 1. The maximum Gasteiger partial charge on any atom is 0.250 e. The van der Waals surface area contributed by atoms with Crippen molar-refractivity contribution in [3.05, 3.63) is 47.3 Å². The van der Waals surface area contributed by atoms with Gasteiger partial charge in [0.25, 0.3) is 5.91 Å². The zero-order valence-electron chi connectivity index (χ0n) is 14.2. The lowest BCUT2D eigenvalue weighted by Crippen LogP contribution is -2.21. The van der Waals surface area contributed by atoms with E-state index in [9.17, 15) is 4.79 Å². The molecular formula is C17H20N4O2S. The molecule has 0 aliphatic carbocycles. The molecule has 126 valence electrons. The third kappa shape index (κ3) is 5.34. The highest BCUT2D eigenvalue weighted by Crippen LogP contribution is 2.14. The summed E-state index contributed by atoms with van der Waals surface area (Å²) in [5.41, 5.74) is 5.96. The predicted octanol–water partition coefficient (Wildman–Crippen LogP) is 2.73. The third-order valence-corrected chi connectivity index (χ3v) is 4.00. The van der Waals surface area contributed by atoms with E-state index in [2.05, 4.69) is 20.5 Å². The molecule has 0 radical (unpaired) electrons. The molecule has 0 saturated carbocycles. The Morgan fingerprint density at radius 1 is 1.21 bits per heavy atom. The van der Waals surface area contributed by atoms with Crippen molar-refractivity contribution in [1.29, 1.82) is 0 Å². The van der Waals surface area contributed by atoms with Gasteiger partial charge in [0.15, 0.2) is 5.16 Å². The molecule has 0 atom stereocenters. The molecule has 0 saturated heterocycles. The molecule has 0 fully saturated rings. The number of carbonyl (C=O) groups is 1. The number of benzene rings is 1. The van der Waals surface area contributed by atoms with Crippen molar-refractivity contribution < 1.29 is 9.53 Å². The summed E-state index contributed by atoms with van der Waals surface area (Å²) in [6.07, 6.45) is 0. The number of amides is 1. The SMILES string of the molecule is COc1ccc(/C(C)=N/NC(=O)CSc2nc(C)cc(C)n2)cc1. The van der Waals surface area contributed by atoms with Gasteiger partial charge >= 0.3 is 0 Å². The first-order valence-electron chi connectivity index (χ1n) is 7.40. The van der Waals surface area contributed by atoms with Crippen LogP contribution in [0.2, 0.25) is 0 Å². The minimum Gasteiger partial charge on any atom is -0.497 e. The maximum atomic E-state index is 11.9. The molecular weight excluding hydrogens is 324 g/mol. The summed E-state index contributed by atoms with van der Waals surface area (Å²) in [6, 6.07) is 9.38. The number of carbonyl (C=O) groups excluding carboxylic acids is 1. The molecule has 24 heavy (non-hydrogen) atoms. The van der Waals surface area contributed by atoms with Gasteiger partial charge in [-0.05, 0) is 56.7 Å². The van der Waals surface area contributed by atoms with Crippen LogP contribution in [0.3, 0.4) is 0 Å². The number of ether oxygens (including phenoxy) is 1. The second-order valence-corrected chi connectivity index (χ2v) is 6.13. The molecule has 1 N–H and O–H groups in total. The second kappa shape index (κ2) is 8.44. The van der Waals surface area contributed by atoms with Gasteiger partial charge in [0, 0.05) is 11.4 Å². The highest BCUT2D eigenvalue weighted by atomic mass is 32.2. The van der Waals surface area contributed by atoms with Crippen molar-refractivity contribution in [2.24, 2.45) is 5.10 Å². The van der Waals surface area contributed by atoms with Crippen molar-refractivity contribution >= 4 is 23.4 Å². The molecule has 1 aromatic heterocycles.